The lowest BCUT2D eigenvalue weighted by Gasteiger charge is -2.15. The Balaban J connectivity index is 2.32. The number of hydrogen-bond acceptors (Lipinski definition) is 2. The van der Waals surface area contributed by atoms with Gasteiger partial charge in [0.1, 0.15) is 0 Å². The summed E-state index contributed by atoms with van der Waals surface area (Å²) < 4.78 is 0. The van der Waals surface area contributed by atoms with Crippen molar-refractivity contribution in [3.05, 3.63) is 0 Å². The van der Waals surface area contributed by atoms with Crippen molar-refractivity contribution in [1.29, 1.82) is 0 Å². The maximum atomic E-state index is 4.46. The van der Waals surface area contributed by atoms with Gasteiger partial charge in [-0.15, -0.1) is 0 Å². The van der Waals surface area contributed by atoms with E-state index in [0.717, 1.165) is 0 Å². The molecule has 1 aliphatic heterocycles. The van der Waals surface area contributed by atoms with Gasteiger partial charge < -0.3 is 5.32 Å². The third kappa shape index (κ3) is 2.18. The summed E-state index contributed by atoms with van der Waals surface area (Å²) in [6.07, 6.45) is 3.93. The van der Waals surface area contributed by atoms with Crippen molar-refractivity contribution in [3.8, 4) is 0 Å². The van der Waals surface area contributed by atoms with Crippen LogP contribution in [0.4, 0.5) is 0 Å². The van der Waals surface area contributed by atoms with Gasteiger partial charge in [-0.1, -0.05) is 6.42 Å². The Kier molecular flexibility index (Phi) is 2.86. The van der Waals surface area contributed by atoms with Gasteiger partial charge in [-0.2, -0.15) is 12.6 Å². The quantitative estimate of drug-likeness (QED) is 0.492. The molecule has 0 bridgehead atoms. The maximum absolute atomic E-state index is 4.46. The Labute approximate surface area is 62.6 Å². The van der Waals surface area contributed by atoms with Crippen LogP contribution in [0.1, 0.15) is 26.2 Å². The molecule has 9 heavy (non-hydrogen) atoms. The lowest BCUT2D eigenvalue weighted by Crippen LogP contribution is -2.32. The minimum Gasteiger partial charge on any atom is -0.313 e. The summed E-state index contributed by atoms with van der Waals surface area (Å²) in [5, 5.41) is 3.99. The molecule has 1 nitrogen and oxygen atoms in total. The Bertz CT molecular complexity index is 75.0. The molecular weight excluding hydrogens is 130 g/mol. The molecule has 2 heteroatoms. The van der Waals surface area contributed by atoms with Gasteiger partial charge in [0.2, 0.25) is 0 Å². The van der Waals surface area contributed by atoms with E-state index in [9.17, 15) is 0 Å². The molecule has 1 rings (SSSR count). The number of thiol groups is 1. The normalized spacial score (nSPS) is 38.0. The van der Waals surface area contributed by atoms with Gasteiger partial charge in [-0.3, -0.25) is 0 Å². The van der Waals surface area contributed by atoms with Gasteiger partial charge in [-0.05, 0) is 26.3 Å². The van der Waals surface area contributed by atoms with E-state index in [0.29, 0.717) is 11.3 Å². The van der Waals surface area contributed by atoms with Crippen LogP contribution in [-0.4, -0.2) is 17.8 Å². The Morgan fingerprint density at radius 3 is 3.00 bits per heavy atom. The summed E-state index contributed by atoms with van der Waals surface area (Å²) in [6, 6.07) is 0.607. The zero-order valence-electron chi connectivity index (χ0n) is 5.93. The van der Waals surface area contributed by atoms with Gasteiger partial charge in [0.05, 0.1) is 0 Å². The maximum Gasteiger partial charge on any atom is 0.0168 e. The molecule has 1 fully saturated rings. The van der Waals surface area contributed by atoms with E-state index in [1.165, 1.54) is 25.8 Å². The van der Waals surface area contributed by atoms with Crippen molar-refractivity contribution in [1.82, 2.24) is 5.32 Å². The third-order valence-electron chi connectivity index (χ3n) is 1.97. The predicted molar refractivity (Wildman–Crippen MR) is 44.1 cm³/mol. The van der Waals surface area contributed by atoms with Crippen LogP contribution in [0.2, 0.25) is 0 Å². The van der Waals surface area contributed by atoms with Crippen LogP contribution >= 0.6 is 12.6 Å². The number of rotatable bonds is 0. The lowest BCUT2D eigenvalue weighted by atomic mass is 10.1. The van der Waals surface area contributed by atoms with Crippen LogP contribution in [-0.2, 0) is 0 Å². The molecule has 54 valence electrons. The van der Waals surface area contributed by atoms with Gasteiger partial charge in [-0.25, -0.2) is 0 Å². The van der Waals surface area contributed by atoms with Gasteiger partial charge in [0.25, 0.3) is 0 Å². The molecule has 0 spiro atoms. The van der Waals surface area contributed by atoms with E-state index in [-0.39, 0.29) is 0 Å². The Hall–Kier alpha value is 0.310. The summed E-state index contributed by atoms with van der Waals surface area (Å²) in [4.78, 5) is 0. The topological polar surface area (TPSA) is 12.0 Å². The highest BCUT2D eigenvalue weighted by Gasteiger charge is 2.14. The molecule has 0 amide bonds. The second-order valence-corrected chi connectivity index (χ2v) is 3.47. The second kappa shape index (κ2) is 3.47. The van der Waals surface area contributed by atoms with Gasteiger partial charge >= 0.3 is 0 Å². The molecule has 0 aliphatic carbocycles. The van der Waals surface area contributed by atoms with Gasteiger partial charge in [0.15, 0.2) is 0 Å². The van der Waals surface area contributed by atoms with Crippen molar-refractivity contribution >= 4 is 12.6 Å². The first-order chi connectivity index (χ1) is 4.30. The first kappa shape index (κ1) is 7.42. The highest BCUT2D eigenvalue weighted by Crippen LogP contribution is 2.13. The van der Waals surface area contributed by atoms with E-state index in [2.05, 4.69) is 24.9 Å². The van der Waals surface area contributed by atoms with E-state index < -0.39 is 0 Å². The van der Waals surface area contributed by atoms with Crippen LogP contribution in [0.15, 0.2) is 0 Å². The molecule has 1 saturated heterocycles. The molecule has 1 aliphatic rings. The summed E-state index contributed by atoms with van der Waals surface area (Å²) in [7, 11) is 0. The predicted octanol–water partition coefficient (Wildman–Crippen LogP) is 1.45. The minimum atomic E-state index is 0.576. The van der Waals surface area contributed by atoms with Crippen molar-refractivity contribution in [2.75, 3.05) is 6.54 Å². The monoisotopic (exact) mass is 145 g/mol. The van der Waals surface area contributed by atoms with E-state index in [4.69, 9.17) is 0 Å². The largest absolute Gasteiger partial charge is 0.313 e. The molecule has 0 aromatic carbocycles. The minimum absolute atomic E-state index is 0.576. The second-order valence-electron chi connectivity index (χ2n) is 2.81. The summed E-state index contributed by atoms with van der Waals surface area (Å²) in [5.74, 6) is 0. The molecule has 0 radical (unpaired) electrons. The highest BCUT2D eigenvalue weighted by molar-refractivity contribution is 7.81. The fourth-order valence-electron chi connectivity index (χ4n) is 1.19. The Morgan fingerprint density at radius 2 is 2.22 bits per heavy atom. The van der Waals surface area contributed by atoms with Crippen LogP contribution in [0, 0.1) is 0 Å². The molecule has 0 saturated carbocycles. The zero-order valence-corrected chi connectivity index (χ0v) is 6.82. The van der Waals surface area contributed by atoms with Crippen molar-refractivity contribution in [3.63, 3.8) is 0 Å². The zero-order chi connectivity index (χ0) is 6.69. The first-order valence-corrected chi connectivity index (χ1v) is 4.24. The van der Waals surface area contributed by atoms with Crippen LogP contribution in [0.5, 0.6) is 0 Å². The fourth-order valence-corrected chi connectivity index (χ4v) is 1.48. The fraction of sp³-hybridized carbons (Fsp3) is 1.00. The van der Waals surface area contributed by atoms with Crippen LogP contribution in [0.3, 0.4) is 0 Å². The van der Waals surface area contributed by atoms with Crippen molar-refractivity contribution < 1.29 is 0 Å². The van der Waals surface area contributed by atoms with Gasteiger partial charge in [0, 0.05) is 11.3 Å². The smallest absolute Gasteiger partial charge is 0.0168 e. The SMILES string of the molecule is CC1NCCCCC1S. The molecule has 0 aromatic heterocycles. The van der Waals surface area contributed by atoms with E-state index >= 15 is 0 Å². The summed E-state index contributed by atoms with van der Waals surface area (Å²) in [6.45, 7) is 3.39. The summed E-state index contributed by atoms with van der Waals surface area (Å²) in [5.41, 5.74) is 0. The van der Waals surface area contributed by atoms with Crippen LogP contribution in [0.25, 0.3) is 0 Å². The number of hydrogen-bond donors (Lipinski definition) is 2. The Morgan fingerprint density at radius 1 is 1.44 bits per heavy atom. The molecule has 1 heterocycles. The van der Waals surface area contributed by atoms with Crippen LogP contribution < -0.4 is 5.32 Å². The summed E-state index contributed by atoms with van der Waals surface area (Å²) >= 11 is 4.46. The molecule has 1 N–H and O–H groups in total. The van der Waals surface area contributed by atoms with Crippen molar-refractivity contribution in [2.24, 2.45) is 0 Å². The van der Waals surface area contributed by atoms with E-state index in [1.807, 2.05) is 0 Å². The van der Waals surface area contributed by atoms with Crippen molar-refractivity contribution in [2.45, 2.75) is 37.5 Å². The average Bonchev–Trinajstić information content (AvgIpc) is 1.99. The molecule has 2 unspecified atom stereocenters. The molecule has 2 atom stereocenters. The number of nitrogens with one attached hydrogen (secondary N) is 1. The standard InChI is InChI=1S/C7H15NS/c1-6-7(9)4-2-3-5-8-6/h6-9H,2-5H2,1H3. The molecular formula is C7H15NS. The first-order valence-electron chi connectivity index (χ1n) is 3.72. The molecule has 0 aromatic rings. The highest BCUT2D eigenvalue weighted by atomic mass is 32.1. The van der Waals surface area contributed by atoms with E-state index in [1.54, 1.807) is 0 Å². The third-order valence-corrected chi connectivity index (χ3v) is 2.68. The lowest BCUT2D eigenvalue weighted by molar-refractivity contribution is 0.564. The average molecular weight is 145 g/mol.